The second kappa shape index (κ2) is 11.2. The van der Waals surface area contributed by atoms with E-state index < -0.39 is 0 Å². The van der Waals surface area contributed by atoms with Gasteiger partial charge in [-0.2, -0.15) is 0 Å². The maximum atomic E-state index is 4.46. The lowest BCUT2D eigenvalue weighted by molar-refractivity contribution is 0.242. The van der Waals surface area contributed by atoms with Gasteiger partial charge < -0.3 is 15.5 Å². The Balaban J connectivity index is 0.00000261. The van der Waals surface area contributed by atoms with Gasteiger partial charge >= 0.3 is 0 Å². The van der Waals surface area contributed by atoms with Crippen LogP contribution in [0.25, 0.3) is 0 Å². The maximum absolute atomic E-state index is 4.46. The highest BCUT2D eigenvalue weighted by molar-refractivity contribution is 14.0. The number of likely N-dealkylation sites (N-methyl/N-ethyl adjacent to an activating group) is 1. The van der Waals surface area contributed by atoms with E-state index in [9.17, 15) is 0 Å². The molecular formula is C21H36IN5. The molecule has 6 heteroatoms. The molecule has 1 aromatic rings. The van der Waals surface area contributed by atoms with E-state index in [1.54, 1.807) is 0 Å². The Labute approximate surface area is 182 Å². The molecule has 1 aliphatic heterocycles. The first-order chi connectivity index (χ1) is 12.7. The minimum absolute atomic E-state index is 0. The third-order valence-corrected chi connectivity index (χ3v) is 5.90. The molecule has 3 rings (SSSR count). The fourth-order valence-electron chi connectivity index (χ4n) is 4.36. The number of halogens is 1. The van der Waals surface area contributed by atoms with E-state index in [4.69, 9.17) is 0 Å². The molecule has 0 spiro atoms. The van der Waals surface area contributed by atoms with E-state index in [0.717, 1.165) is 25.1 Å². The van der Waals surface area contributed by atoms with Crippen LogP contribution in [0.4, 0.5) is 0 Å². The second-order valence-corrected chi connectivity index (χ2v) is 7.91. The average molecular weight is 485 g/mol. The van der Waals surface area contributed by atoms with Crippen molar-refractivity contribution in [2.24, 2.45) is 4.99 Å². The molecule has 27 heavy (non-hydrogen) atoms. The van der Waals surface area contributed by atoms with Crippen LogP contribution in [0, 0.1) is 0 Å². The van der Waals surface area contributed by atoms with Gasteiger partial charge in [0.2, 0.25) is 0 Å². The van der Waals surface area contributed by atoms with E-state index >= 15 is 0 Å². The summed E-state index contributed by atoms with van der Waals surface area (Å²) in [5.74, 6) is 0.922. The van der Waals surface area contributed by atoms with Crippen molar-refractivity contribution in [3.8, 4) is 0 Å². The Bertz CT molecular complexity index is 571. The van der Waals surface area contributed by atoms with Gasteiger partial charge in [0.05, 0.1) is 6.04 Å². The standard InChI is InChI=1S/C21H35N5.HI/c1-22-21(23-15-20(25(2)3)17-9-5-4-6-10-17)24-18-13-14-26(16-18)19-11-7-8-12-19;/h4-6,9-10,18-20H,7-8,11-16H2,1-3H3,(H2,22,23,24);1H. The van der Waals surface area contributed by atoms with E-state index in [1.807, 2.05) is 7.05 Å². The molecule has 5 nitrogen and oxygen atoms in total. The topological polar surface area (TPSA) is 42.9 Å². The summed E-state index contributed by atoms with van der Waals surface area (Å²) in [4.78, 5) is 9.40. The lowest BCUT2D eigenvalue weighted by atomic mass is 10.1. The zero-order valence-electron chi connectivity index (χ0n) is 17.0. The molecule has 0 aromatic heterocycles. The van der Waals surface area contributed by atoms with E-state index in [0.29, 0.717) is 12.1 Å². The summed E-state index contributed by atoms with van der Waals surface area (Å²) in [5.41, 5.74) is 1.33. The Hall–Kier alpha value is -0.860. The molecule has 1 aromatic carbocycles. The van der Waals surface area contributed by atoms with Gasteiger partial charge in [0, 0.05) is 38.8 Å². The number of rotatable bonds is 6. The summed E-state index contributed by atoms with van der Waals surface area (Å²) >= 11 is 0. The predicted octanol–water partition coefficient (Wildman–Crippen LogP) is 3.09. The summed E-state index contributed by atoms with van der Waals surface area (Å²) in [7, 11) is 6.13. The number of nitrogens with one attached hydrogen (secondary N) is 2. The molecule has 0 radical (unpaired) electrons. The lowest BCUT2D eigenvalue weighted by Gasteiger charge is -2.27. The third kappa shape index (κ3) is 6.32. The first kappa shape index (κ1) is 22.4. The fourth-order valence-corrected chi connectivity index (χ4v) is 4.36. The molecule has 1 saturated heterocycles. The van der Waals surface area contributed by atoms with Crippen molar-refractivity contribution >= 4 is 29.9 Å². The molecule has 2 N–H and O–H groups in total. The zero-order valence-corrected chi connectivity index (χ0v) is 19.4. The molecule has 0 amide bonds. The van der Waals surface area contributed by atoms with Crippen molar-refractivity contribution in [1.82, 2.24) is 20.4 Å². The Morgan fingerprint density at radius 2 is 1.89 bits per heavy atom. The molecule has 2 aliphatic rings. The molecule has 1 aliphatic carbocycles. The van der Waals surface area contributed by atoms with Crippen LogP contribution in [0.15, 0.2) is 35.3 Å². The maximum Gasteiger partial charge on any atom is 0.191 e. The Morgan fingerprint density at radius 1 is 1.19 bits per heavy atom. The first-order valence-electron chi connectivity index (χ1n) is 10.1. The number of guanidine groups is 1. The molecule has 2 unspecified atom stereocenters. The molecule has 1 saturated carbocycles. The minimum Gasteiger partial charge on any atom is -0.354 e. The van der Waals surface area contributed by atoms with Gasteiger partial charge in [-0.3, -0.25) is 9.89 Å². The van der Waals surface area contributed by atoms with Gasteiger partial charge in [0.15, 0.2) is 5.96 Å². The summed E-state index contributed by atoms with van der Waals surface area (Å²) in [6.45, 7) is 3.22. The van der Waals surface area contributed by atoms with Crippen molar-refractivity contribution in [3.05, 3.63) is 35.9 Å². The van der Waals surface area contributed by atoms with Gasteiger partial charge in [0.25, 0.3) is 0 Å². The van der Waals surface area contributed by atoms with Crippen LogP contribution in [0.5, 0.6) is 0 Å². The van der Waals surface area contributed by atoms with E-state index in [1.165, 1.54) is 44.2 Å². The highest BCUT2D eigenvalue weighted by Crippen LogP contribution is 2.26. The minimum atomic E-state index is 0. The normalized spacial score (nSPS) is 22.7. The predicted molar refractivity (Wildman–Crippen MR) is 125 cm³/mol. The third-order valence-electron chi connectivity index (χ3n) is 5.90. The number of aliphatic imine (C=N–C) groups is 1. The van der Waals surface area contributed by atoms with Crippen molar-refractivity contribution in [2.75, 3.05) is 40.8 Å². The van der Waals surface area contributed by atoms with Crippen LogP contribution in [-0.2, 0) is 0 Å². The summed E-state index contributed by atoms with van der Waals surface area (Å²) in [5, 5.41) is 7.18. The summed E-state index contributed by atoms with van der Waals surface area (Å²) < 4.78 is 0. The van der Waals surface area contributed by atoms with Crippen LogP contribution in [0.2, 0.25) is 0 Å². The van der Waals surface area contributed by atoms with Crippen molar-refractivity contribution in [2.45, 2.75) is 50.2 Å². The number of likely N-dealkylation sites (tertiary alicyclic amines) is 1. The van der Waals surface area contributed by atoms with Crippen LogP contribution >= 0.6 is 24.0 Å². The molecule has 2 fully saturated rings. The summed E-state index contributed by atoms with van der Waals surface area (Å²) in [6.07, 6.45) is 6.82. The average Bonchev–Trinajstić information content (AvgIpc) is 3.33. The number of benzene rings is 1. The number of hydrogen-bond donors (Lipinski definition) is 2. The quantitative estimate of drug-likeness (QED) is 0.369. The highest BCUT2D eigenvalue weighted by Gasteiger charge is 2.30. The Kier molecular flexibility index (Phi) is 9.32. The first-order valence-corrected chi connectivity index (χ1v) is 10.1. The smallest absolute Gasteiger partial charge is 0.191 e. The van der Waals surface area contributed by atoms with Crippen LogP contribution < -0.4 is 10.6 Å². The van der Waals surface area contributed by atoms with Gasteiger partial charge in [-0.05, 0) is 38.9 Å². The molecular weight excluding hydrogens is 449 g/mol. The van der Waals surface area contributed by atoms with Crippen LogP contribution in [-0.4, -0.2) is 68.6 Å². The van der Waals surface area contributed by atoms with Crippen molar-refractivity contribution in [1.29, 1.82) is 0 Å². The van der Waals surface area contributed by atoms with Crippen molar-refractivity contribution < 1.29 is 0 Å². The lowest BCUT2D eigenvalue weighted by Crippen LogP contribution is -2.47. The number of nitrogens with zero attached hydrogens (tertiary/aromatic N) is 3. The van der Waals surface area contributed by atoms with Crippen molar-refractivity contribution in [3.63, 3.8) is 0 Å². The Morgan fingerprint density at radius 3 is 2.52 bits per heavy atom. The number of hydrogen-bond acceptors (Lipinski definition) is 3. The molecule has 152 valence electrons. The highest BCUT2D eigenvalue weighted by atomic mass is 127. The monoisotopic (exact) mass is 485 g/mol. The van der Waals surface area contributed by atoms with Gasteiger partial charge in [-0.15, -0.1) is 24.0 Å². The van der Waals surface area contributed by atoms with Crippen LogP contribution in [0.3, 0.4) is 0 Å². The van der Waals surface area contributed by atoms with Gasteiger partial charge in [0.1, 0.15) is 0 Å². The van der Waals surface area contributed by atoms with Gasteiger partial charge in [-0.1, -0.05) is 43.2 Å². The second-order valence-electron chi connectivity index (χ2n) is 7.91. The zero-order chi connectivity index (χ0) is 18.4. The van der Waals surface area contributed by atoms with Crippen LogP contribution in [0.1, 0.15) is 43.7 Å². The molecule has 1 heterocycles. The summed E-state index contributed by atoms with van der Waals surface area (Å²) in [6, 6.07) is 12.3. The largest absolute Gasteiger partial charge is 0.354 e. The molecule has 0 bridgehead atoms. The fraction of sp³-hybridized carbons (Fsp3) is 0.667. The van der Waals surface area contributed by atoms with E-state index in [2.05, 4.69) is 69.9 Å². The van der Waals surface area contributed by atoms with E-state index in [-0.39, 0.29) is 24.0 Å². The molecule has 2 atom stereocenters. The SMILES string of the molecule is CN=C(NCC(c1ccccc1)N(C)C)NC1CCN(C2CCCC2)C1.I. The van der Waals surface area contributed by atoms with Gasteiger partial charge in [-0.25, -0.2) is 0 Å².